The molecule has 2 aliphatic heterocycles. The molecule has 9 nitrogen and oxygen atoms in total. The van der Waals surface area contributed by atoms with Crippen LogP contribution in [-0.4, -0.2) is 61.6 Å². The summed E-state index contributed by atoms with van der Waals surface area (Å²) in [5.74, 6) is -2.59. The van der Waals surface area contributed by atoms with Crippen LogP contribution < -0.4 is 19.5 Å². The first-order chi connectivity index (χ1) is 21.7. The van der Waals surface area contributed by atoms with E-state index < -0.39 is 29.7 Å². The smallest absolute Gasteiger partial charge is 0.309 e. The molecular formula is C35H41FN2O7. The number of amides is 1. The highest BCUT2D eigenvalue weighted by Crippen LogP contribution is 2.48. The Balaban J connectivity index is 1.47. The number of aliphatic carboxylic acids is 1. The molecule has 1 amide bonds. The van der Waals surface area contributed by atoms with E-state index in [1.54, 1.807) is 18.2 Å². The van der Waals surface area contributed by atoms with Crippen molar-refractivity contribution in [2.45, 2.75) is 52.5 Å². The number of benzene rings is 3. The van der Waals surface area contributed by atoms with Gasteiger partial charge >= 0.3 is 5.97 Å². The Labute approximate surface area is 263 Å². The monoisotopic (exact) mass is 620 g/mol. The van der Waals surface area contributed by atoms with E-state index in [4.69, 9.17) is 18.9 Å². The molecule has 3 atom stereocenters. The van der Waals surface area contributed by atoms with Gasteiger partial charge in [-0.2, -0.15) is 0 Å². The second kappa shape index (κ2) is 14.3. The quantitative estimate of drug-likeness (QED) is 0.228. The number of fused-ring (bicyclic) bond motifs is 1. The molecule has 240 valence electrons. The van der Waals surface area contributed by atoms with Gasteiger partial charge in [0.25, 0.3) is 0 Å². The van der Waals surface area contributed by atoms with Gasteiger partial charge in [0.05, 0.1) is 19.1 Å². The van der Waals surface area contributed by atoms with Crippen molar-refractivity contribution in [1.29, 1.82) is 0 Å². The summed E-state index contributed by atoms with van der Waals surface area (Å²) < 4.78 is 36.8. The Morgan fingerprint density at radius 1 is 1.00 bits per heavy atom. The molecular weight excluding hydrogens is 579 g/mol. The number of hydrogen-bond donors (Lipinski definition) is 2. The molecule has 2 N–H and O–H groups in total. The van der Waals surface area contributed by atoms with E-state index in [9.17, 15) is 14.7 Å². The highest BCUT2D eigenvalue weighted by molar-refractivity contribution is 5.94. The number of carbonyl (C=O) groups excluding carboxylic acids is 1. The van der Waals surface area contributed by atoms with Gasteiger partial charge in [0.15, 0.2) is 11.6 Å². The number of nitrogens with one attached hydrogen (secondary N) is 1. The molecule has 45 heavy (non-hydrogen) atoms. The number of rotatable bonds is 13. The van der Waals surface area contributed by atoms with Crippen molar-refractivity contribution in [1.82, 2.24) is 4.90 Å². The van der Waals surface area contributed by atoms with Gasteiger partial charge in [-0.3, -0.25) is 14.5 Å². The fourth-order valence-electron chi connectivity index (χ4n) is 6.48. The molecule has 1 saturated heterocycles. The van der Waals surface area contributed by atoms with E-state index in [2.05, 4.69) is 31.3 Å². The van der Waals surface area contributed by atoms with Gasteiger partial charge < -0.3 is 29.4 Å². The summed E-state index contributed by atoms with van der Waals surface area (Å²) in [6, 6.07) is 13.7. The number of carboxylic acids is 1. The minimum atomic E-state index is -1.04. The number of anilines is 1. The van der Waals surface area contributed by atoms with Gasteiger partial charge in [-0.1, -0.05) is 43.7 Å². The van der Waals surface area contributed by atoms with Crippen LogP contribution in [0.25, 0.3) is 0 Å². The molecule has 1 unspecified atom stereocenters. The molecule has 0 radical (unpaired) electrons. The maximum Gasteiger partial charge on any atom is 0.309 e. The van der Waals surface area contributed by atoms with E-state index in [-0.39, 0.29) is 37.3 Å². The van der Waals surface area contributed by atoms with Gasteiger partial charge in [0.1, 0.15) is 12.4 Å². The highest BCUT2D eigenvalue weighted by Gasteiger charge is 2.48. The largest absolute Gasteiger partial charge is 0.491 e. The van der Waals surface area contributed by atoms with Crippen LogP contribution in [0.15, 0.2) is 48.5 Å². The third kappa shape index (κ3) is 7.07. The number of carboxylic acid groups (broad SMARTS) is 1. The maximum absolute atomic E-state index is 15.0. The number of nitrogens with zero attached hydrogens (tertiary/aromatic N) is 1. The third-order valence-electron chi connectivity index (χ3n) is 8.50. The maximum atomic E-state index is 15.0. The number of aryl methyl sites for hydroxylation is 3. The molecule has 3 aromatic carbocycles. The number of ether oxygens (including phenoxy) is 4. The topological polar surface area (TPSA) is 107 Å². The number of likely N-dealkylation sites (tertiary alicyclic amines) is 1. The number of carbonyl (C=O) groups is 2. The van der Waals surface area contributed by atoms with Gasteiger partial charge in [0, 0.05) is 30.8 Å². The number of halogens is 1. The predicted molar refractivity (Wildman–Crippen MR) is 168 cm³/mol. The van der Waals surface area contributed by atoms with Gasteiger partial charge in [-0.25, -0.2) is 4.39 Å². The summed E-state index contributed by atoms with van der Waals surface area (Å²) in [7, 11) is 0. The Hall–Kier alpha value is -4.15. The normalized spacial score (nSPS) is 19.1. The van der Waals surface area contributed by atoms with E-state index >= 15 is 4.39 Å². The summed E-state index contributed by atoms with van der Waals surface area (Å²) >= 11 is 0. The van der Waals surface area contributed by atoms with Crippen LogP contribution in [0.1, 0.15) is 60.5 Å². The average Bonchev–Trinajstić information content (AvgIpc) is 3.66. The zero-order chi connectivity index (χ0) is 32.1. The van der Waals surface area contributed by atoms with Gasteiger partial charge in [-0.15, -0.1) is 0 Å². The lowest BCUT2D eigenvalue weighted by Gasteiger charge is -2.27. The average molecular weight is 621 g/mol. The molecule has 3 aromatic rings. The lowest BCUT2D eigenvalue weighted by atomic mass is 9.82. The first-order valence-electron chi connectivity index (χ1n) is 15.5. The summed E-state index contributed by atoms with van der Waals surface area (Å²) in [4.78, 5) is 28.5. The standard InChI is InChI=1S/C35H41FN2O7/c1-5-22-14-21(4)15-23(6-2)32(22)37-30(39)19-38-18-27(25-16-28(36)34-29(17-25)44-20-45-34)31(35(40)41)33(38)24-8-10-26(11-9-24)43-13-12-42-7-3/h8-11,14-17,27,31,33H,5-7,12-13,18-20H2,1-4H3,(H,37,39)(H,40,41)/t27-,31?,33+/m1/s1. The van der Waals surface area contributed by atoms with E-state index in [1.165, 1.54) is 6.07 Å². The Kier molecular flexibility index (Phi) is 10.2. The summed E-state index contributed by atoms with van der Waals surface area (Å²) in [6.07, 6.45) is 1.52. The molecule has 0 spiro atoms. The first kappa shape index (κ1) is 32.2. The van der Waals surface area contributed by atoms with Crippen molar-refractivity contribution in [2.24, 2.45) is 5.92 Å². The molecule has 0 aromatic heterocycles. The molecule has 1 fully saturated rings. The summed E-state index contributed by atoms with van der Waals surface area (Å²) in [5, 5.41) is 13.7. The van der Waals surface area contributed by atoms with Crippen molar-refractivity contribution in [3.8, 4) is 17.2 Å². The van der Waals surface area contributed by atoms with Crippen molar-refractivity contribution in [2.75, 3.05) is 45.0 Å². The summed E-state index contributed by atoms with van der Waals surface area (Å²) in [6.45, 7) is 9.57. The van der Waals surface area contributed by atoms with Crippen LogP contribution in [0.5, 0.6) is 17.2 Å². The molecule has 5 rings (SSSR count). The molecule has 0 bridgehead atoms. The lowest BCUT2D eigenvalue weighted by molar-refractivity contribution is -0.143. The Bertz CT molecular complexity index is 1500. The summed E-state index contributed by atoms with van der Waals surface area (Å²) in [5.41, 5.74) is 5.24. The van der Waals surface area contributed by atoms with Crippen molar-refractivity contribution >= 4 is 17.6 Å². The van der Waals surface area contributed by atoms with Crippen molar-refractivity contribution in [3.05, 3.63) is 82.2 Å². The zero-order valence-electron chi connectivity index (χ0n) is 26.2. The van der Waals surface area contributed by atoms with Crippen LogP contribution in [0.4, 0.5) is 10.1 Å². The number of hydrogen-bond acceptors (Lipinski definition) is 7. The van der Waals surface area contributed by atoms with Crippen LogP contribution in [0.2, 0.25) is 0 Å². The highest BCUT2D eigenvalue weighted by atomic mass is 19.1. The second-order valence-corrected chi connectivity index (χ2v) is 11.4. The van der Waals surface area contributed by atoms with Crippen LogP contribution in [-0.2, 0) is 27.2 Å². The molecule has 10 heteroatoms. The van der Waals surface area contributed by atoms with Crippen LogP contribution in [0.3, 0.4) is 0 Å². The van der Waals surface area contributed by atoms with Crippen LogP contribution >= 0.6 is 0 Å². The zero-order valence-corrected chi connectivity index (χ0v) is 26.2. The Morgan fingerprint density at radius 3 is 2.36 bits per heavy atom. The molecule has 0 aliphatic carbocycles. The fraction of sp³-hybridized carbons (Fsp3) is 0.429. The second-order valence-electron chi connectivity index (χ2n) is 11.4. The SMILES string of the molecule is CCOCCOc1ccc([C@H]2C(C(=O)O)[C@@H](c3cc(F)c4c(c3)OCO4)CN2CC(=O)Nc2c(CC)cc(C)cc2CC)cc1. The first-order valence-corrected chi connectivity index (χ1v) is 15.5. The van der Waals surface area contributed by atoms with Crippen molar-refractivity contribution < 1.29 is 38.0 Å². The predicted octanol–water partition coefficient (Wildman–Crippen LogP) is 5.88. The van der Waals surface area contributed by atoms with Gasteiger partial charge in [-0.05, 0) is 73.2 Å². The Morgan fingerprint density at radius 2 is 1.71 bits per heavy atom. The van der Waals surface area contributed by atoms with Crippen molar-refractivity contribution in [3.63, 3.8) is 0 Å². The molecule has 2 heterocycles. The fourth-order valence-corrected chi connectivity index (χ4v) is 6.48. The van der Waals surface area contributed by atoms with E-state index in [0.29, 0.717) is 31.1 Å². The van der Waals surface area contributed by atoms with E-state index in [0.717, 1.165) is 40.8 Å². The molecule has 0 saturated carbocycles. The van der Waals surface area contributed by atoms with Crippen LogP contribution in [0, 0.1) is 18.7 Å². The lowest BCUT2D eigenvalue weighted by Crippen LogP contribution is -2.35. The third-order valence-corrected chi connectivity index (χ3v) is 8.50. The minimum absolute atomic E-state index is 0.0212. The minimum Gasteiger partial charge on any atom is -0.491 e. The molecule has 2 aliphatic rings. The van der Waals surface area contributed by atoms with Gasteiger partial charge in [0.2, 0.25) is 18.4 Å². The van der Waals surface area contributed by atoms with E-state index in [1.807, 2.05) is 30.9 Å².